The van der Waals surface area contributed by atoms with Crippen LogP contribution in [-0.2, 0) is 30.4 Å². The lowest BCUT2D eigenvalue weighted by Crippen LogP contribution is -2.52. The number of carbonyl (C=O) groups excluding carboxylic acids is 5. The summed E-state index contributed by atoms with van der Waals surface area (Å²) in [6.45, 7) is 5.96. The number of ether oxygens (including phenoxy) is 2. The van der Waals surface area contributed by atoms with Gasteiger partial charge in [0.1, 0.15) is 18.2 Å². The number of fused-ring (bicyclic) bond motifs is 1. The van der Waals surface area contributed by atoms with Gasteiger partial charge in [-0.3, -0.25) is 29.4 Å². The second kappa shape index (κ2) is 11.5. The van der Waals surface area contributed by atoms with E-state index < -0.39 is 29.6 Å². The third-order valence-corrected chi connectivity index (χ3v) is 5.61. The molecule has 4 N–H and O–H groups in total. The van der Waals surface area contributed by atoms with E-state index in [2.05, 4.69) is 10.6 Å². The van der Waals surface area contributed by atoms with Crippen LogP contribution < -0.4 is 16.4 Å². The molecular weight excluding hydrogens is 470 g/mol. The molecule has 0 saturated carbocycles. The van der Waals surface area contributed by atoms with Crippen molar-refractivity contribution in [3.63, 3.8) is 0 Å². The largest absolute Gasteiger partial charge is 0.444 e. The minimum Gasteiger partial charge on any atom is -0.444 e. The Labute approximate surface area is 209 Å². The third-order valence-electron chi connectivity index (χ3n) is 5.61. The molecule has 12 nitrogen and oxygen atoms in total. The number of nitrogens with zero attached hydrogens (tertiary/aromatic N) is 2. The van der Waals surface area contributed by atoms with Crippen LogP contribution in [0.15, 0.2) is 18.2 Å². The van der Waals surface area contributed by atoms with Gasteiger partial charge in [0.2, 0.25) is 17.7 Å². The van der Waals surface area contributed by atoms with Crippen molar-refractivity contribution in [2.24, 2.45) is 5.73 Å². The van der Waals surface area contributed by atoms with Crippen LogP contribution in [0, 0.1) is 0 Å². The minimum absolute atomic E-state index is 0.111. The van der Waals surface area contributed by atoms with E-state index in [1.807, 2.05) is 0 Å². The Morgan fingerprint density at radius 1 is 1.22 bits per heavy atom. The summed E-state index contributed by atoms with van der Waals surface area (Å²) in [4.78, 5) is 65.0. The number of carbonyl (C=O) groups is 5. The zero-order valence-corrected chi connectivity index (χ0v) is 20.8. The fraction of sp³-hybridized carbons (Fsp3) is 0.542. The van der Waals surface area contributed by atoms with E-state index in [0.29, 0.717) is 30.0 Å². The molecule has 1 saturated heterocycles. The van der Waals surface area contributed by atoms with Gasteiger partial charge in [0.05, 0.1) is 13.2 Å². The molecule has 3 rings (SSSR count). The number of nitrogens with two attached hydrogens (primary N) is 1. The number of piperidine rings is 1. The van der Waals surface area contributed by atoms with Crippen molar-refractivity contribution < 1.29 is 33.4 Å². The molecule has 0 aromatic heterocycles. The highest BCUT2D eigenvalue weighted by molar-refractivity contribution is 6.07. The van der Waals surface area contributed by atoms with Crippen LogP contribution in [-0.4, -0.2) is 84.0 Å². The molecule has 2 aliphatic rings. The van der Waals surface area contributed by atoms with Crippen molar-refractivity contribution in [3.8, 4) is 0 Å². The topological polar surface area (TPSA) is 160 Å². The molecule has 2 aliphatic heterocycles. The Hall–Kier alpha value is -3.51. The van der Waals surface area contributed by atoms with Crippen molar-refractivity contribution in [3.05, 3.63) is 29.3 Å². The molecule has 0 spiro atoms. The quantitative estimate of drug-likeness (QED) is 0.326. The van der Waals surface area contributed by atoms with E-state index in [0.717, 1.165) is 0 Å². The molecule has 1 fully saturated rings. The minimum atomic E-state index is -0.762. The van der Waals surface area contributed by atoms with E-state index in [9.17, 15) is 24.0 Å². The summed E-state index contributed by atoms with van der Waals surface area (Å²) < 4.78 is 10.8. The molecular formula is C24H33N5O7. The van der Waals surface area contributed by atoms with Crippen LogP contribution in [0.5, 0.6) is 0 Å². The highest BCUT2D eigenvalue weighted by Crippen LogP contribution is 2.32. The maximum atomic E-state index is 13.0. The summed E-state index contributed by atoms with van der Waals surface area (Å²) in [6, 6.07) is 4.15. The average molecular weight is 504 g/mol. The van der Waals surface area contributed by atoms with Crippen molar-refractivity contribution in [2.45, 2.75) is 51.8 Å². The van der Waals surface area contributed by atoms with Crippen LogP contribution >= 0.6 is 0 Å². The summed E-state index contributed by atoms with van der Waals surface area (Å²) >= 11 is 0. The first-order valence-electron chi connectivity index (χ1n) is 11.8. The molecule has 1 atom stereocenters. The molecule has 0 radical (unpaired) electrons. The summed E-state index contributed by atoms with van der Waals surface area (Å²) in [5.41, 5.74) is 6.02. The lowest BCUT2D eigenvalue weighted by molar-refractivity contribution is -0.137. The molecule has 1 aromatic carbocycles. The van der Waals surface area contributed by atoms with Crippen molar-refractivity contribution in [1.29, 1.82) is 0 Å². The van der Waals surface area contributed by atoms with Crippen LogP contribution in [0.25, 0.3) is 0 Å². The number of nitrogens with one attached hydrogen (secondary N) is 2. The first-order valence-corrected chi connectivity index (χ1v) is 11.8. The highest BCUT2D eigenvalue weighted by Gasteiger charge is 2.40. The Morgan fingerprint density at radius 3 is 2.64 bits per heavy atom. The van der Waals surface area contributed by atoms with Gasteiger partial charge in [-0.2, -0.15) is 0 Å². The first kappa shape index (κ1) is 27.1. The SMILES string of the molecule is CC(C)(C)OC(=O)N(CCOCCN)CC(=O)Nc1cccc2c1CN(C1CCC(=O)NC1=O)C2=O. The molecule has 0 aliphatic carbocycles. The Kier molecular flexibility index (Phi) is 8.64. The maximum Gasteiger partial charge on any atom is 0.410 e. The van der Waals surface area contributed by atoms with Gasteiger partial charge in [0.25, 0.3) is 5.91 Å². The summed E-state index contributed by atoms with van der Waals surface area (Å²) in [7, 11) is 0. The van der Waals surface area contributed by atoms with E-state index in [1.165, 1.54) is 9.80 Å². The molecule has 12 heteroatoms. The smallest absolute Gasteiger partial charge is 0.410 e. The predicted octanol–water partition coefficient (Wildman–Crippen LogP) is 0.599. The van der Waals surface area contributed by atoms with E-state index in [1.54, 1.807) is 39.0 Å². The summed E-state index contributed by atoms with van der Waals surface area (Å²) in [5.74, 6) is -1.71. The molecule has 2 heterocycles. The van der Waals surface area contributed by atoms with Crippen LogP contribution in [0.1, 0.15) is 49.5 Å². The van der Waals surface area contributed by atoms with Crippen molar-refractivity contribution in [2.75, 3.05) is 38.2 Å². The van der Waals surface area contributed by atoms with E-state index in [4.69, 9.17) is 15.2 Å². The Morgan fingerprint density at radius 2 is 1.97 bits per heavy atom. The second-order valence-corrected chi connectivity index (χ2v) is 9.58. The monoisotopic (exact) mass is 503 g/mol. The van der Waals surface area contributed by atoms with Gasteiger partial charge in [0.15, 0.2) is 0 Å². The fourth-order valence-corrected chi connectivity index (χ4v) is 3.99. The molecule has 1 unspecified atom stereocenters. The van der Waals surface area contributed by atoms with Crippen LogP contribution in [0.3, 0.4) is 0 Å². The summed E-state index contributed by atoms with van der Waals surface area (Å²) in [6.07, 6.45) is -0.273. The maximum absolute atomic E-state index is 13.0. The number of imide groups is 1. The fourth-order valence-electron chi connectivity index (χ4n) is 3.99. The first-order chi connectivity index (χ1) is 17.0. The van der Waals surface area contributed by atoms with Gasteiger partial charge < -0.3 is 25.4 Å². The lowest BCUT2D eigenvalue weighted by atomic mass is 10.0. The number of hydrogen-bond acceptors (Lipinski definition) is 8. The number of anilines is 1. The van der Waals surface area contributed by atoms with Gasteiger partial charge in [-0.25, -0.2) is 4.79 Å². The van der Waals surface area contributed by atoms with Crippen molar-refractivity contribution in [1.82, 2.24) is 15.1 Å². The van der Waals surface area contributed by atoms with E-state index in [-0.39, 0.29) is 50.9 Å². The van der Waals surface area contributed by atoms with Gasteiger partial charge in [0, 0.05) is 42.9 Å². The Balaban J connectivity index is 1.70. The number of benzene rings is 1. The highest BCUT2D eigenvalue weighted by atomic mass is 16.6. The zero-order valence-electron chi connectivity index (χ0n) is 20.8. The van der Waals surface area contributed by atoms with Gasteiger partial charge in [-0.1, -0.05) is 6.07 Å². The average Bonchev–Trinajstić information content (AvgIpc) is 3.12. The number of rotatable bonds is 9. The Bertz CT molecular complexity index is 1040. The molecule has 1 aromatic rings. The molecule has 36 heavy (non-hydrogen) atoms. The molecule has 196 valence electrons. The van der Waals surface area contributed by atoms with Crippen molar-refractivity contribution >= 4 is 35.4 Å². The van der Waals surface area contributed by atoms with Crippen LogP contribution in [0.4, 0.5) is 10.5 Å². The lowest BCUT2D eigenvalue weighted by Gasteiger charge is -2.29. The van der Waals surface area contributed by atoms with Gasteiger partial charge >= 0.3 is 6.09 Å². The van der Waals surface area contributed by atoms with Gasteiger partial charge in [-0.15, -0.1) is 0 Å². The van der Waals surface area contributed by atoms with E-state index >= 15 is 0 Å². The molecule has 0 bridgehead atoms. The van der Waals surface area contributed by atoms with Gasteiger partial charge in [-0.05, 0) is 39.3 Å². The third kappa shape index (κ3) is 6.79. The number of hydrogen-bond donors (Lipinski definition) is 3. The molecule has 5 amide bonds. The van der Waals surface area contributed by atoms with Crippen LogP contribution in [0.2, 0.25) is 0 Å². The second-order valence-electron chi connectivity index (χ2n) is 9.58. The summed E-state index contributed by atoms with van der Waals surface area (Å²) in [5, 5.41) is 5.04. The normalized spacial score (nSPS) is 17.5. The zero-order chi connectivity index (χ0) is 26.5. The standard InChI is InChI=1S/C24H33N5O7/c1-24(2,3)36-23(34)28(10-12-35-11-9-25)14-20(31)26-17-6-4-5-15-16(17)13-29(22(15)33)18-7-8-19(30)27-21(18)32/h4-6,18H,7-14,25H2,1-3H3,(H,26,31)(H,27,30,32). The number of amides is 5. The predicted molar refractivity (Wildman–Crippen MR) is 129 cm³/mol.